The van der Waals surface area contributed by atoms with Gasteiger partial charge in [0, 0.05) is 35.4 Å². The lowest BCUT2D eigenvalue weighted by Crippen LogP contribution is -2.23. The van der Waals surface area contributed by atoms with Gasteiger partial charge in [-0.2, -0.15) is 0 Å². The number of rotatable bonds is 4. The molecular formula is C11H17BrN2. The Labute approximate surface area is 94.2 Å². The summed E-state index contributed by atoms with van der Waals surface area (Å²) in [5.41, 5.74) is 8.18. The van der Waals surface area contributed by atoms with Gasteiger partial charge in [-0.1, -0.05) is 22.0 Å². The fraction of sp³-hybridized carbons (Fsp3) is 0.455. The van der Waals surface area contributed by atoms with Crippen LogP contribution in [0.4, 0.5) is 5.69 Å². The fourth-order valence-corrected chi connectivity index (χ4v) is 2.13. The predicted molar refractivity (Wildman–Crippen MR) is 65.6 cm³/mol. The van der Waals surface area contributed by atoms with E-state index in [1.54, 1.807) is 0 Å². The molecule has 0 radical (unpaired) electrons. The van der Waals surface area contributed by atoms with Gasteiger partial charge in [0.15, 0.2) is 0 Å². The predicted octanol–water partition coefficient (Wildman–Crippen LogP) is 2.75. The van der Waals surface area contributed by atoms with Crippen LogP contribution < -0.4 is 10.6 Å². The molecule has 0 aliphatic carbocycles. The summed E-state index contributed by atoms with van der Waals surface area (Å²) in [6.07, 6.45) is 0. The highest BCUT2D eigenvalue weighted by molar-refractivity contribution is 9.10. The van der Waals surface area contributed by atoms with Gasteiger partial charge < -0.3 is 10.6 Å². The summed E-state index contributed by atoms with van der Waals surface area (Å²) in [4.78, 5) is 2.31. The molecule has 1 aromatic rings. The van der Waals surface area contributed by atoms with Crippen LogP contribution in [0.15, 0.2) is 22.7 Å². The van der Waals surface area contributed by atoms with Gasteiger partial charge in [0.05, 0.1) is 0 Å². The van der Waals surface area contributed by atoms with E-state index in [2.05, 4.69) is 46.8 Å². The Morgan fingerprint density at radius 1 is 1.29 bits per heavy atom. The second-order valence-corrected chi connectivity index (χ2v) is 3.97. The number of anilines is 1. The molecule has 0 saturated heterocycles. The third-order valence-corrected chi connectivity index (χ3v) is 3.15. The lowest BCUT2D eigenvalue weighted by Gasteiger charge is -2.24. The Kier molecular flexibility index (Phi) is 4.42. The summed E-state index contributed by atoms with van der Waals surface area (Å²) < 4.78 is 1.10. The van der Waals surface area contributed by atoms with E-state index >= 15 is 0 Å². The first kappa shape index (κ1) is 11.5. The largest absolute Gasteiger partial charge is 0.372 e. The molecule has 0 amide bonds. The van der Waals surface area contributed by atoms with Crippen LogP contribution in [0.3, 0.4) is 0 Å². The molecule has 3 heteroatoms. The van der Waals surface area contributed by atoms with Crippen LogP contribution in [0, 0.1) is 0 Å². The minimum absolute atomic E-state index is 0.577. The first-order valence-corrected chi connectivity index (χ1v) is 5.76. The van der Waals surface area contributed by atoms with Gasteiger partial charge in [0.1, 0.15) is 0 Å². The number of hydrogen-bond donors (Lipinski definition) is 1. The highest BCUT2D eigenvalue weighted by Crippen LogP contribution is 2.27. The molecule has 0 bridgehead atoms. The molecule has 0 aliphatic heterocycles. The second kappa shape index (κ2) is 5.37. The van der Waals surface area contributed by atoms with Crippen LogP contribution in [0.1, 0.15) is 19.4 Å². The number of nitrogens with two attached hydrogens (primary N) is 1. The molecule has 0 unspecified atom stereocenters. The van der Waals surface area contributed by atoms with E-state index in [1.165, 1.54) is 11.3 Å². The SMILES string of the molecule is CCN(CC)c1cccc(Br)c1CN. The van der Waals surface area contributed by atoms with E-state index in [4.69, 9.17) is 5.73 Å². The van der Waals surface area contributed by atoms with Crippen molar-refractivity contribution in [3.63, 3.8) is 0 Å². The molecule has 0 saturated carbocycles. The zero-order chi connectivity index (χ0) is 10.6. The van der Waals surface area contributed by atoms with Crippen LogP contribution >= 0.6 is 15.9 Å². The van der Waals surface area contributed by atoms with E-state index in [0.717, 1.165) is 17.6 Å². The molecule has 0 atom stereocenters. The third-order valence-electron chi connectivity index (χ3n) is 2.40. The van der Waals surface area contributed by atoms with Crippen molar-refractivity contribution in [3.05, 3.63) is 28.2 Å². The number of hydrogen-bond acceptors (Lipinski definition) is 2. The lowest BCUT2D eigenvalue weighted by molar-refractivity contribution is 0.852. The monoisotopic (exact) mass is 256 g/mol. The van der Waals surface area contributed by atoms with Gasteiger partial charge in [-0.3, -0.25) is 0 Å². The molecule has 0 heterocycles. The first-order chi connectivity index (χ1) is 6.74. The Hall–Kier alpha value is -0.540. The van der Waals surface area contributed by atoms with Crippen LogP contribution in [-0.2, 0) is 6.54 Å². The Balaban J connectivity index is 3.11. The van der Waals surface area contributed by atoms with Crippen LogP contribution in [-0.4, -0.2) is 13.1 Å². The zero-order valence-electron chi connectivity index (χ0n) is 8.76. The Bertz CT molecular complexity index is 295. The van der Waals surface area contributed by atoms with Crippen molar-refractivity contribution in [1.29, 1.82) is 0 Å². The van der Waals surface area contributed by atoms with Gasteiger partial charge in [-0.05, 0) is 26.0 Å². The summed E-state index contributed by atoms with van der Waals surface area (Å²) in [6.45, 7) is 6.92. The van der Waals surface area contributed by atoms with Crippen molar-refractivity contribution in [2.75, 3.05) is 18.0 Å². The van der Waals surface area contributed by atoms with Gasteiger partial charge in [-0.15, -0.1) is 0 Å². The minimum atomic E-state index is 0.577. The van der Waals surface area contributed by atoms with Crippen molar-refractivity contribution >= 4 is 21.6 Å². The summed E-state index contributed by atoms with van der Waals surface area (Å²) in [7, 11) is 0. The smallest absolute Gasteiger partial charge is 0.0422 e. The third kappa shape index (κ3) is 2.28. The second-order valence-electron chi connectivity index (χ2n) is 3.11. The van der Waals surface area contributed by atoms with Crippen LogP contribution in [0.5, 0.6) is 0 Å². The first-order valence-electron chi connectivity index (χ1n) is 4.97. The average molecular weight is 257 g/mol. The highest BCUT2D eigenvalue weighted by atomic mass is 79.9. The minimum Gasteiger partial charge on any atom is -0.372 e. The lowest BCUT2D eigenvalue weighted by atomic mass is 10.1. The van der Waals surface area contributed by atoms with E-state index in [9.17, 15) is 0 Å². The molecule has 0 aromatic heterocycles. The summed E-state index contributed by atoms with van der Waals surface area (Å²) in [5.74, 6) is 0. The van der Waals surface area contributed by atoms with E-state index in [0.29, 0.717) is 6.54 Å². The van der Waals surface area contributed by atoms with Gasteiger partial charge in [0.25, 0.3) is 0 Å². The Morgan fingerprint density at radius 2 is 1.93 bits per heavy atom. The zero-order valence-corrected chi connectivity index (χ0v) is 10.3. The van der Waals surface area contributed by atoms with E-state index in [1.807, 2.05) is 6.07 Å². The fourth-order valence-electron chi connectivity index (χ4n) is 1.61. The van der Waals surface area contributed by atoms with Gasteiger partial charge in [-0.25, -0.2) is 0 Å². The van der Waals surface area contributed by atoms with Crippen molar-refractivity contribution in [2.24, 2.45) is 5.73 Å². The van der Waals surface area contributed by atoms with E-state index in [-0.39, 0.29) is 0 Å². The molecule has 2 N–H and O–H groups in total. The number of halogens is 1. The van der Waals surface area contributed by atoms with Crippen LogP contribution in [0.2, 0.25) is 0 Å². The van der Waals surface area contributed by atoms with E-state index < -0.39 is 0 Å². The molecule has 1 rings (SSSR count). The van der Waals surface area contributed by atoms with Crippen molar-refractivity contribution in [1.82, 2.24) is 0 Å². The number of nitrogens with zero attached hydrogens (tertiary/aromatic N) is 1. The maximum Gasteiger partial charge on any atom is 0.0422 e. The molecule has 0 spiro atoms. The standard InChI is InChI=1S/C11H17BrN2/c1-3-14(4-2)11-7-5-6-10(12)9(11)8-13/h5-7H,3-4,8,13H2,1-2H3. The summed E-state index contributed by atoms with van der Waals surface area (Å²) in [6, 6.07) is 6.21. The van der Waals surface area contributed by atoms with Gasteiger partial charge in [0.2, 0.25) is 0 Å². The van der Waals surface area contributed by atoms with Gasteiger partial charge >= 0.3 is 0 Å². The Morgan fingerprint density at radius 3 is 2.43 bits per heavy atom. The van der Waals surface area contributed by atoms with Crippen molar-refractivity contribution < 1.29 is 0 Å². The maximum atomic E-state index is 5.74. The number of benzene rings is 1. The quantitative estimate of drug-likeness (QED) is 0.898. The maximum absolute atomic E-state index is 5.74. The molecular weight excluding hydrogens is 240 g/mol. The molecule has 0 aliphatic rings. The van der Waals surface area contributed by atoms with Crippen molar-refractivity contribution in [2.45, 2.75) is 20.4 Å². The molecule has 0 fully saturated rings. The van der Waals surface area contributed by atoms with Crippen molar-refractivity contribution in [3.8, 4) is 0 Å². The molecule has 14 heavy (non-hydrogen) atoms. The normalized spacial score (nSPS) is 10.3. The average Bonchev–Trinajstić information content (AvgIpc) is 2.20. The highest BCUT2D eigenvalue weighted by Gasteiger charge is 2.09. The van der Waals surface area contributed by atoms with Crippen LogP contribution in [0.25, 0.3) is 0 Å². The molecule has 1 aromatic carbocycles. The molecule has 2 nitrogen and oxygen atoms in total. The molecule has 78 valence electrons. The topological polar surface area (TPSA) is 29.3 Å². The summed E-state index contributed by atoms with van der Waals surface area (Å²) >= 11 is 3.53. The summed E-state index contributed by atoms with van der Waals surface area (Å²) in [5, 5.41) is 0.